The molecule has 5 heteroatoms. The lowest BCUT2D eigenvalue weighted by Gasteiger charge is -2.16. The van der Waals surface area contributed by atoms with Gasteiger partial charge in [-0.15, -0.1) is 23.1 Å². The van der Waals surface area contributed by atoms with Crippen LogP contribution in [0.15, 0.2) is 28.5 Å². The minimum Gasteiger partial charge on any atom is -0.496 e. The van der Waals surface area contributed by atoms with E-state index in [9.17, 15) is 0 Å². The van der Waals surface area contributed by atoms with Crippen molar-refractivity contribution in [2.45, 2.75) is 24.9 Å². The Bertz CT molecular complexity index is 569. The first kappa shape index (κ1) is 15.4. The molecule has 0 atom stereocenters. The summed E-state index contributed by atoms with van der Waals surface area (Å²) in [5.41, 5.74) is 2.44. The Balaban J connectivity index is 2.02. The highest BCUT2D eigenvalue weighted by Gasteiger charge is 2.07. The molecule has 108 valence electrons. The Labute approximate surface area is 129 Å². The highest BCUT2D eigenvalue weighted by atomic mass is 32.2. The average molecular weight is 308 g/mol. The number of hydrogen-bond donors (Lipinski definition) is 0. The number of thiazole rings is 1. The molecule has 1 aromatic carbocycles. The molecule has 0 N–H and O–H groups in total. The third-order valence-corrected chi connectivity index (χ3v) is 4.58. The van der Waals surface area contributed by atoms with Gasteiger partial charge in [0.2, 0.25) is 0 Å². The molecule has 0 saturated carbocycles. The Morgan fingerprint density at radius 2 is 2.15 bits per heavy atom. The lowest BCUT2D eigenvalue weighted by molar-refractivity contribution is 0.315. The molecule has 2 aromatic rings. The van der Waals surface area contributed by atoms with Crippen LogP contribution in [-0.2, 0) is 13.1 Å². The maximum Gasteiger partial charge on any atom is 0.132 e. The van der Waals surface area contributed by atoms with Gasteiger partial charge in [0.15, 0.2) is 0 Å². The maximum atomic E-state index is 5.35. The summed E-state index contributed by atoms with van der Waals surface area (Å²) in [6.45, 7) is 3.83. The van der Waals surface area contributed by atoms with Crippen molar-refractivity contribution >= 4 is 23.1 Å². The van der Waals surface area contributed by atoms with Gasteiger partial charge >= 0.3 is 0 Å². The van der Waals surface area contributed by atoms with Gasteiger partial charge in [-0.05, 0) is 37.9 Å². The fourth-order valence-electron chi connectivity index (χ4n) is 2.10. The summed E-state index contributed by atoms with van der Waals surface area (Å²) in [4.78, 5) is 7.97. The number of benzene rings is 1. The van der Waals surface area contributed by atoms with Crippen LogP contribution in [0.4, 0.5) is 0 Å². The highest BCUT2D eigenvalue weighted by molar-refractivity contribution is 7.98. The van der Waals surface area contributed by atoms with Gasteiger partial charge in [0, 0.05) is 23.4 Å². The van der Waals surface area contributed by atoms with Crippen molar-refractivity contribution in [3.8, 4) is 5.75 Å². The molecule has 1 heterocycles. The second-order valence-electron chi connectivity index (χ2n) is 4.72. The summed E-state index contributed by atoms with van der Waals surface area (Å²) in [5, 5.41) is 3.26. The zero-order chi connectivity index (χ0) is 14.5. The van der Waals surface area contributed by atoms with Gasteiger partial charge in [-0.2, -0.15) is 0 Å². The summed E-state index contributed by atoms with van der Waals surface area (Å²) in [5.74, 6) is 0.944. The minimum absolute atomic E-state index is 0.880. The largest absolute Gasteiger partial charge is 0.496 e. The normalized spacial score (nSPS) is 11.1. The average Bonchev–Trinajstić information content (AvgIpc) is 2.83. The van der Waals surface area contributed by atoms with E-state index in [1.165, 1.54) is 10.5 Å². The van der Waals surface area contributed by atoms with Crippen molar-refractivity contribution in [2.24, 2.45) is 0 Å². The first-order valence-electron chi connectivity index (χ1n) is 6.43. The van der Waals surface area contributed by atoms with E-state index in [1.807, 2.05) is 13.0 Å². The van der Waals surface area contributed by atoms with Crippen LogP contribution in [-0.4, -0.2) is 30.3 Å². The van der Waals surface area contributed by atoms with Gasteiger partial charge < -0.3 is 4.74 Å². The van der Waals surface area contributed by atoms with E-state index in [0.717, 1.165) is 29.5 Å². The van der Waals surface area contributed by atoms with E-state index < -0.39 is 0 Å². The quantitative estimate of drug-likeness (QED) is 0.758. The van der Waals surface area contributed by atoms with Crippen molar-refractivity contribution in [1.82, 2.24) is 9.88 Å². The molecule has 0 amide bonds. The molecule has 0 fully saturated rings. The zero-order valence-electron chi connectivity index (χ0n) is 12.3. The van der Waals surface area contributed by atoms with Crippen LogP contribution < -0.4 is 4.74 Å². The molecule has 3 nitrogen and oxygen atoms in total. The van der Waals surface area contributed by atoms with E-state index in [0.29, 0.717) is 0 Å². The van der Waals surface area contributed by atoms with Crippen molar-refractivity contribution in [3.05, 3.63) is 39.8 Å². The molecular formula is C15H20N2OS2. The Morgan fingerprint density at radius 3 is 2.75 bits per heavy atom. The van der Waals surface area contributed by atoms with E-state index in [1.54, 1.807) is 30.2 Å². The topological polar surface area (TPSA) is 25.4 Å². The molecule has 0 radical (unpaired) electrons. The van der Waals surface area contributed by atoms with E-state index >= 15 is 0 Å². The van der Waals surface area contributed by atoms with Gasteiger partial charge in [-0.3, -0.25) is 4.90 Å². The lowest BCUT2D eigenvalue weighted by Crippen LogP contribution is -2.17. The molecule has 0 aliphatic carbocycles. The van der Waals surface area contributed by atoms with Crippen molar-refractivity contribution in [3.63, 3.8) is 0 Å². The lowest BCUT2D eigenvalue weighted by atomic mass is 10.2. The smallest absolute Gasteiger partial charge is 0.132 e. The number of ether oxygens (including phenoxy) is 1. The SMILES string of the molecule is COc1ccc(CN(C)Cc2csc(C)n2)cc1SC. The number of nitrogens with zero attached hydrogens (tertiary/aromatic N) is 2. The fourth-order valence-corrected chi connectivity index (χ4v) is 3.33. The van der Waals surface area contributed by atoms with Crippen LogP contribution in [0.3, 0.4) is 0 Å². The van der Waals surface area contributed by atoms with Crippen LogP contribution in [0, 0.1) is 6.92 Å². The van der Waals surface area contributed by atoms with Crippen LogP contribution in [0.2, 0.25) is 0 Å². The van der Waals surface area contributed by atoms with Crippen LogP contribution in [0.1, 0.15) is 16.3 Å². The first-order chi connectivity index (χ1) is 9.62. The number of aryl methyl sites for hydroxylation is 1. The van der Waals surface area contributed by atoms with Crippen LogP contribution >= 0.6 is 23.1 Å². The third kappa shape index (κ3) is 3.98. The molecule has 0 aliphatic heterocycles. The standard InChI is InChI=1S/C15H20N2OS2/c1-11-16-13(10-20-11)9-17(2)8-12-5-6-14(18-3)15(7-12)19-4/h5-7,10H,8-9H2,1-4H3. The van der Waals surface area contributed by atoms with Crippen molar-refractivity contribution in [1.29, 1.82) is 0 Å². The molecule has 0 bridgehead atoms. The van der Waals surface area contributed by atoms with Gasteiger partial charge in [0.05, 0.1) is 17.8 Å². The molecule has 0 saturated heterocycles. The predicted octanol–water partition coefficient (Wildman–Crippen LogP) is 3.81. The predicted molar refractivity (Wildman–Crippen MR) is 86.8 cm³/mol. The van der Waals surface area contributed by atoms with E-state index in [4.69, 9.17) is 4.74 Å². The summed E-state index contributed by atoms with van der Waals surface area (Å²) in [6.07, 6.45) is 2.07. The van der Waals surface area contributed by atoms with E-state index in [-0.39, 0.29) is 0 Å². The summed E-state index contributed by atoms with van der Waals surface area (Å²) < 4.78 is 5.35. The molecule has 0 aliphatic rings. The van der Waals surface area contributed by atoms with Crippen molar-refractivity contribution in [2.75, 3.05) is 20.4 Å². The number of hydrogen-bond acceptors (Lipinski definition) is 5. The highest BCUT2D eigenvalue weighted by Crippen LogP contribution is 2.28. The van der Waals surface area contributed by atoms with Crippen LogP contribution in [0.5, 0.6) is 5.75 Å². The monoisotopic (exact) mass is 308 g/mol. The van der Waals surface area contributed by atoms with Gasteiger partial charge in [0.1, 0.15) is 5.75 Å². The van der Waals surface area contributed by atoms with E-state index in [2.05, 4.69) is 40.7 Å². The molecular weight excluding hydrogens is 288 g/mol. The number of methoxy groups -OCH3 is 1. The second-order valence-corrected chi connectivity index (χ2v) is 6.63. The molecule has 20 heavy (non-hydrogen) atoms. The molecule has 0 spiro atoms. The maximum absolute atomic E-state index is 5.35. The number of thioether (sulfide) groups is 1. The Hall–Kier alpha value is -1.04. The summed E-state index contributed by atoms with van der Waals surface area (Å²) in [6, 6.07) is 6.37. The first-order valence-corrected chi connectivity index (χ1v) is 8.53. The van der Waals surface area contributed by atoms with Gasteiger partial charge in [-0.1, -0.05) is 6.07 Å². The van der Waals surface area contributed by atoms with Crippen molar-refractivity contribution < 1.29 is 4.74 Å². The molecule has 2 rings (SSSR count). The number of aromatic nitrogens is 1. The summed E-state index contributed by atoms with van der Waals surface area (Å²) >= 11 is 3.42. The third-order valence-electron chi connectivity index (χ3n) is 3.00. The minimum atomic E-state index is 0.880. The van der Waals surface area contributed by atoms with Crippen LogP contribution in [0.25, 0.3) is 0 Å². The second kappa shape index (κ2) is 7.11. The Morgan fingerprint density at radius 1 is 1.35 bits per heavy atom. The summed E-state index contributed by atoms with van der Waals surface area (Å²) in [7, 11) is 3.84. The number of rotatable bonds is 6. The molecule has 0 unspecified atom stereocenters. The fraction of sp³-hybridized carbons (Fsp3) is 0.400. The zero-order valence-corrected chi connectivity index (χ0v) is 14.0. The Kier molecular flexibility index (Phi) is 5.46. The van der Waals surface area contributed by atoms with Gasteiger partial charge in [-0.25, -0.2) is 4.98 Å². The molecule has 1 aromatic heterocycles. The van der Waals surface area contributed by atoms with Gasteiger partial charge in [0.25, 0.3) is 0 Å².